The van der Waals surface area contributed by atoms with Crippen LogP contribution in [0, 0.1) is 0 Å². The number of ether oxygens (including phenoxy) is 2. The molecule has 0 aromatic carbocycles. The van der Waals surface area contributed by atoms with Gasteiger partial charge in [-0.2, -0.15) is 0 Å². The van der Waals surface area contributed by atoms with E-state index in [-0.39, 0.29) is 25.2 Å². The van der Waals surface area contributed by atoms with Crippen LogP contribution in [0.4, 0.5) is 0 Å². The molecule has 5 nitrogen and oxygen atoms in total. The molecule has 0 aromatic heterocycles. The zero-order valence-electron chi connectivity index (χ0n) is 35.0. The van der Waals surface area contributed by atoms with Gasteiger partial charge >= 0.3 is 11.9 Å². The summed E-state index contributed by atoms with van der Waals surface area (Å²) in [5.41, 5.74) is 0. The van der Waals surface area contributed by atoms with E-state index < -0.39 is 6.10 Å². The van der Waals surface area contributed by atoms with Crippen LogP contribution in [0.25, 0.3) is 0 Å². The molecule has 0 aliphatic rings. The van der Waals surface area contributed by atoms with Crippen LogP contribution >= 0.6 is 0 Å². The molecule has 0 saturated carbocycles. The Bertz CT molecular complexity index is 888. The van der Waals surface area contributed by atoms with Gasteiger partial charge < -0.3 is 14.6 Å². The average Bonchev–Trinajstić information content (AvgIpc) is 3.16. The molecule has 53 heavy (non-hydrogen) atoms. The first-order valence-electron chi connectivity index (χ1n) is 22.7. The Hall–Kier alpha value is -2.14. The van der Waals surface area contributed by atoms with E-state index in [1.54, 1.807) is 0 Å². The summed E-state index contributed by atoms with van der Waals surface area (Å²) in [4.78, 5) is 24.3. The van der Waals surface area contributed by atoms with Crippen molar-refractivity contribution in [3.63, 3.8) is 0 Å². The number of carbonyl (C=O) groups is 2. The Labute approximate surface area is 328 Å². The van der Waals surface area contributed by atoms with Gasteiger partial charge in [-0.3, -0.25) is 9.59 Å². The maximum atomic E-state index is 12.2. The molecule has 0 radical (unpaired) electrons. The first kappa shape index (κ1) is 50.9. The molecule has 5 heteroatoms. The summed E-state index contributed by atoms with van der Waals surface area (Å²) in [5.74, 6) is -0.633. The van der Waals surface area contributed by atoms with Gasteiger partial charge in [0.05, 0.1) is 6.61 Å². The Kier molecular flexibility index (Phi) is 42.5. The highest BCUT2D eigenvalue weighted by Crippen LogP contribution is 2.16. The third-order valence-electron chi connectivity index (χ3n) is 9.89. The molecule has 0 aliphatic carbocycles. The van der Waals surface area contributed by atoms with Gasteiger partial charge in [0.15, 0.2) is 6.10 Å². The highest BCUT2D eigenvalue weighted by molar-refractivity contribution is 5.70. The van der Waals surface area contributed by atoms with E-state index in [2.05, 4.69) is 62.5 Å². The Morgan fingerprint density at radius 2 is 0.811 bits per heavy atom. The normalized spacial score (nSPS) is 12.6. The minimum atomic E-state index is -0.792. The van der Waals surface area contributed by atoms with Crippen LogP contribution < -0.4 is 0 Å². The highest BCUT2D eigenvalue weighted by atomic mass is 16.6. The van der Waals surface area contributed by atoms with Crippen LogP contribution in [0.15, 0.2) is 48.6 Å². The second-order valence-electron chi connectivity index (χ2n) is 15.1. The minimum absolute atomic E-state index is 0.0809. The molecule has 0 fully saturated rings. The van der Waals surface area contributed by atoms with Crippen molar-refractivity contribution >= 4 is 11.9 Å². The van der Waals surface area contributed by atoms with Gasteiger partial charge in [0.25, 0.3) is 0 Å². The summed E-state index contributed by atoms with van der Waals surface area (Å²) in [7, 11) is 0. The van der Waals surface area contributed by atoms with Crippen molar-refractivity contribution in [2.75, 3.05) is 13.2 Å². The van der Waals surface area contributed by atoms with Crippen LogP contribution in [-0.4, -0.2) is 36.4 Å². The summed E-state index contributed by atoms with van der Waals surface area (Å²) in [6.07, 6.45) is 56.3. The molecule has 0 aliphatic heterocycles. The van der Waals surface area contributed by atoms with E-state index in [0.717, 1.165) is 64.2 Å². The number of unbranched alkanes of at least 4 members (excludes halogenated alkanes) is 25. The molecule has 1 atom stereocenters. The SMILES string of the molecule is CC/C=C\C/C=C\C/C=C\C/C=C\CCCCC(=O)OC(CO)COC(=O)CCCCCCCCCCCCCCCCCCCCCCCCCC. The summed E-state index contributed by atoms with van der Waals surface area (Å²) >= 11 is 0. The van der Waals surface area contributed by atoms with Crippen molar-refractivity contribution in [2.45, 2.75) is 232 Å². The molecular weight excluding hydrogens is 657 g/mol. The molecule has 1 N–H and O–H groups in total. The molecule has 0 saturated heterocycles. The van der Waals surface area contributed by atoms with Crippen molar-refractivity contribution < 1.29 is 24.2 Å². The van der Waals surface area contributed by atoms with Crippen LogP contribution in [-0.2, 0) is 19.1 Å². The maximum absolute atomic E-state index is 12.2. The molecule has 0 aromatic rings. The Morgan fingerprint density at radius 3 is 1.23 bits per heavy atom. The van der Waals surface area contributed by atoms with E-state index in [1.165, 1.54) is 135 Å². The second kappa shape index (κ2) is 44.3. The number of hydrogen-bond acceptors (Lipinski definition) is 5. The quantitative estimate of drug-likeness (QED) is 0.0384. The van der Waals surface area contributed by atoms with Gasteiger partial charge in [-0.1, -0.05) is 210 Å². The number of carbonyl (C=O) groups excluding carboxylic acids is 2. The number of esters is 2. The predicted octanol–water partition coefficient (Wildman–Crippen LogP) is 14.6. The molecular formula is C48H86O5. The van der Waals surface area contributed by atoms with Gasteiger partial charge in [0.2, 0.25) is 0 Å². The largest absolute Gasteiger partial charge is 0.462 e. The van der Waals surface area contributed by atoms with Crippen LogP contribution in [0.3, 0.4) is 0 Å². The number of rotatable bonds is 41. The molecule has 1 unspecified atom stereocenters. The average molecular weight is 743 g/mol. The third-order valence-corrected chi connectivity index (χ3v) is 9.89. The molecule has 0 amide bonds. The maximum Gasteiger partial charge on any atom is 0.306 e. The molecule has 0 rings (SSSR count). The van der Waals surface area contributed by atoms with Crippen molar-refractivity contribution in [2.24, 2.45) is 0 Å². The van der Waals surface area contributed by atoms with E-state index in [9.17, 15) is 14.7 Å². The fourth-order valence-corrected chi connectivity index (χ4v) is 6.49. The third kappa shape index (κ3) is 42.5. The summed E-state index contributed by atoms with van der Waals surface area (Å²) in [6, 6.07) is 0. The first-order chi connectivity index (χ1) is 26.1. The number of hydrogen-bond donors (Lipinski definition) is 1. The molecule has 308 valence electrons. The number of aliphatic hydroxyl groups is 1. The highest BCUT2D eigenvalue weighted by Gasteiger charge is 2.16. The Morgan fingerprint density at radius 1 is 0.453 bits per heavy atom. The number of aliphatic hydroxyl groups excluding tert-OH is 1. The standard InChI is InChI=1S/C48H86O5/c1-3-5-7-9-11-13-15-17-19-20-21-22-23-24-25-26-27-29-30-32-34-36-38-40-42-47(50)52-45-46(44-49)53-48(51)43-41-39-37-35-33-31-28-18-16-14-12-10-8-6-4-2/h6,8,12,14,18,28,33,35,46,49H,3-5,7,9-11,13,15-17,19-27,29-32,34,36-45H2,1-2H3/b8-6-,14-12-,28-18-,35-33-. The van der Waals surface area contributed by atoms with Gasteiger partial charge in [0.1, 0.15) is 6.61 Å². The lowest BCUT2D eigenvalue weighted by molar-refractivity contribution is -0.161. The lowest BCUT2D eigenvalue weighted by Crippen LogP contribution is -2.28. The Balaban J connectivity index is 3.51. The van der Waals surface area contributed by atoms with E-state index >= 15 is 0 Å². The number of allylic oxidation sites excluding steroid dienone is 8. The topological polar surface area (TPSA) is 72.8 Å². The van der Waals surface area contributed by atoms with Crippen LogP contribution in [0.2, 0.25) is 0 Å². The lowest BCUT2D eigenvalue weighted by Gasteiger charge is -2.15. The zero-order chi connectivity index (χ0) is 38.6. The zero-order valence-corrected chi connectivity index (χ0v) is 35.0. The van der Waals surface area contributed by atoms with Gasteiger partial charge in [-0.05, 0) is 51.4 Å². The minimum Gasteiger partial charge on any atom is -0.462 e. The fraction of sp³-hybridized carbons (Fsp3) is 0.792. The van der Waals surface area contributed by atoms with Crippen molar-refractivity contribution in [3.05, 3.63) is 48.6 Å². The fourth-order valence-electron chi connectivity index (χ4n) is 6.49. The lowest BCUT2D eigenvalue weighted by atomic mass is 10.0. The van der Waals surface area contributed by atoms with Crippen molar-refractivity contribution in [1.29, 1.82) is 0 Å². The van der Waals surface area contributed by atoms with E-state index in [4.69, 9.17) is 9.47 Å². The van der Waals surface area contributed by atoms with E-state index in [0.29, 0.717) is 12.8 Å². The predicted molar refractivity (Wildman–Crippen MR) is 228 cm³/mol. The van der Waals surface area contributed by atoms with Crippen molar-refractivity contribution in [1.82, 2.24) is 0 Å². The summed E-state index contributed by atoms with van der Waals surface area (Å²) in [5, 5.41) is 9.57. The van der Waals surface area contributed by atoms with Crippen LogP contribution in [0.1, 0.15) is 226 Å². The van der Waals surface area contributed by atoms with E-state index in [1.807, 2.05) is 0 Å². The van der Waals surface area contributed by atoms with Gasteiger partial charge in [-0.15, -0.1) is 0 Å². The van der Waals surface area contributed by atoms with Gasteiger partial charge in [-0.25, -0.2) is 0 Å². The van der Waals surface area contributed by atoms with Crippen molar-refractivity contribution in [3.8, 4) is 0 Å². The summed E-state index contributed by atoms with van der Waals surface area (Å²) in [6.45, 7) is 4.01. The van der Waals surface area contributed by atoms with Gasteiger partial charge in [0, 0.05) is 12.8 Å². The second-order valence-corrected chi connectivity index (χ2v) is 15.1. The molecule has 0 heterocycles. The molecule has 0 spiro atoms. The molecule has 0 bridgehead atoms. The monoisotopic (exact) mass is 743 g/mol. The smallest absolute Gasteiger partial charge is 0.306 e. The van der Waals surface area contributed by atoms with Crippen LogP contribution in [0.5, 0.6) is 0 Å². The first-order valence-corrected chi connectivity index (χ1v) is 22.7. The summed E-state index contributed by atoms with van der Waals surface area (Å²) < 4.78 is 10.6.